The van der Waals surface area contributed by atoms with Crippen LogP contribution in [0.3, 0.4) is 0 Å². The first-order chi connectivity index (χ1) is 12.2. The molecule has 1 amide bonds. The molecule has 0 aliphatic heterocycles. The SMILES string of the molecule is O=C(CCn1ncc(=O)c2ccccc21)NC1CCCc2occc21. The lowest BCUT2D eigenvalue weighted by Crippen LogP contribution is -2.31. The van der Waals surface area contributed by atoms with Crippen molar-refractivity contribution in [3.8, 4) is 0 Å². The maximum Gasteiger partial charge on any atom is 0.222 e. The van der Waals surface area contributed by atoms with Crippen LogP contribution in [-0.4, -0.2) is 15.7 Å². The number of rotatable bonds is 4. The smallest absolute Gasteiger partial charge is 0.222 e. The molecule has 128 valence electrons. The Morgan fingerprint density at radius 2 is 2.20 bits per heavy atom. The van der Waals surface area contributed by atoms with E-state index in [1.807, 2.05) is 24.3 Å². The van der Waals surface area contributed by atoms with Gasteiger partial charge in [0.1, 0.15) is 5.76 Å². The number of amides is 1. The average molecular weight is 337 g/mol. The number of hydrogen-bond donors (Lipinski definition) is 1. The lowest BCUT2D eigenvalue weighted by Gasteiger charge is -2.22. The van der Waals surface area contributed by atoms with Gasteiger partial charge in [0.05, 0.1) is 30.6 Å². The molecule has 4 rings (SSSR count). The summed E-state index contributed by atoms with van der Waals surface area (Å²) in [7, 11) is 0. The zero-order valence-corrected chi connectivity index (χ0v) is 13.8. The molecular formula is C19H19N3O3. The number of benzene rings is 1. The van der Waals surface area contributed by atoms with E-state index in [0.29, 0.717) is 18.4 Å². The Morgan fingerprint density at radius 3 is 3.12 bits per heavy atom. The van der Waals surface area contributed by atoms with Crippen LogP contribution < -0.4 is 10.7 Å². The van der Waals surface area contributed by atoms with Crippen molar-refractivity contribution in [1.29, 1.82) is 0 Å². The fraction of sp³-hybridized carbons (Fsp3) is 0.316. The van der Waals surface area contributed by atoms with Crippen LogP contribution in [0.2, 0.25) is 0 Å². The number of nitrogens with zero attached hydrogens (tertiary/aromatic N) is 2. The highest BCUT2D eigenvalue weighted by atomic mass is 16.3. The molecule has 2 aromatic heterocycles. The summed E-state index contributed by atoms with van der Waals surface area (Å²) in [5.74, 6) is 0.952. The lowest BCUT2D eigenvalue weighted by molar-refractivity contribution is -0.122. The van der Waals surface area contributed by atoms with Gasteiger partial charge >= 0.3 is 0 Å². The van der Waals surface area contributed by atoms with Gasteiger partial charge in [-0.15, -0.1) is 0 Å². The number of furan rings is 1. The van der Waals surface area contributed by atoms with E-state index in [1.54, 1.807) is 17.0 Å². The Balaban J connectivity index is 1.45. The summed E-state index contributed by atoms with van der Waals surface area (Å²) in [6.07, 6.45) is 6.17. The van der Waals surface area contributed by atoms with Crippen molar-refractivity contribution >= 4 is 16.8 Å². The van der Waals surface area contributed by atoms with Crippen LogP contribution in [0.1, 0.15) is 36.6 Å². The number of carbonyl (C=O) groups excluding carboxylic acids is 1. The minimum Gasteiger partial charge on any atom is -0.469 e. The van der Waals surface area contributed by atoms with Gasteiger partial charge in [-0.1, -0.05) is 12.1 Å². The van der Waals surface area contributed by atoms with Gasteiger partial charge in [0.2, 0.25) is 11.3 Å². The van der Waals surface area contributed by atoms with Crippen LogP contribution >= 0.6 is 0 Å². The summed E-state index contributed by atoms with van der Waals surface area (Å²) < 4.78 is 7.17. The lowest BCUT2D eigenvalue weighted by atomic mass is 9.93. The molecule has 0 saturated heterocycles. The number of fused-ring (bicyclic) bond motifs is 2. The predicted molar refractivity (Wildman–Crippen MR) is 93.1 cm³/mol. The molecule has 1 N–H and O–H groups in total. The minimum absolute atomic E-state index is 0.0220. The quantitative estimate of drug-likeness (QED) is 0.794. The molecule has 1 aromatic carbocycles. The van der Waals surface area contributed by atoms with E-state index in [-0.39, 0.29) is 17.4 Å². The second-order valence-corrected chi connectivity index (χ2v) is 6.31. The summed E-state index contributed by atoms with van der Waals surface area (Å²) in [4.78, 5) is 24.2. The average Bonchev–Trinajstić information content (AvgIpc) is 3.11. The second-order valence-electron chi connectivity index (χ2n) is 6.31. The van der Waals surface area contributed by atoms with Crippen molar-refractivity contribution in [1.82, 2.24) is 15.1 Å². The zero-order valence-electron chi connectivity index (χ0n) is 13.8. The molecule has 1 unspecified atom stereocenters. The van der Waals surface area contributed by atoms with E-state index in [2.05, 4.69) is 10.4 Å². The molecule has 1 aliphatic carbocycles. The number of hydrogen-bond acceptors (Lipinski definition) is 4. The fourth-order valence-corrected chi connectivity index (χ4v) is 3.45. The highest BCUT2D eigenvalue weighted by molar-refractivity contribution is 5.79. The van der Waals surface area contributed by atoms with Crippen molar-refractivity contribution < 1.29 is 9.21 Å². The van der Waals surface area contributed by atoms with Gasteiger partial charge in [-0.05, 0) is 31.0 Å². The maximum absolute atomic E-state index is 12.4. The van der Waals surface area contributed by atoms with Crippen molar-refractivity contribution in [2.24, 2.45) is 0 Å². The fourth-order valence-electron chi connectivity index (χ4n) is 3.45. The second kappa shape index (κ2) is 6.55. The number of para-hydroxylation sites is 1. The van der Waals surface area contributed by atoms with Gasteiger partial charge in [0, 0.05) is 23.8 Å². The zero-order chi connectivity index (χ0) is 17.2. The standard InChI is InChI=1S/C19H19N3O3/c23-17-12-20-22(16-6-2-1-4-14(16)17)10-8-19(24)21-15-5-3-7-18-13(15)9-11-25-18/h1-2,4,6,9,11-12,15H,3,5,7-8,10H2,(H,21,24). The van der Waals surface area contributed by atoms with Crippen LogP contribution in [0.15, 0.2) is 52.0 Å². The third-order valence-corrected chi connectivity index (χ3v) is 4.70. The summed E-state index contributed by atoms with van der Waals surface area (Å²) in [5, 5.41) is 7.87. The molecule has 2 heterocycles. The number of aryl methyl sites for hydroxylation is 2. The summed E-state index contributed by atoms with van der Waals surface area (Å²) in [6.45, 7) is 0.428. The molecular weight excluding hydrogens is 318 g/mol. The molecule has 0 saturated carbocycles. The Bertz CT molecular complexity index is 973. The first-order valence-electron chi connectivity index (χ1n) is 8.53. The molecule has 0 bridgehead atoms. The van der Waals surface area contributed by atoms with Gasteiger partial charge in [0.15, 0.2) is 0 Å². The number of aromatic nitrogens is 2. The third kappa shape index (κ3) is 3.07. The molecule has 1 aliphatic rings. The van der Waals surface area contributed by atoms with Crippen LogP contribution in [0, 0.1) is 0 Å². The van der Waals surface area contributed by atoms with Crippen molar-refractivity contribution in [3.63, 3.8) is 0 Å². The third-order valence-electron chi connectivity index (χ3n) is 4.70. The first kappa shape index (κ1) is 15.6. The van der Waals surface area contributed by atoms with Gasteiger partial charge in [-0.2, -0.15) is 5.10 Å². The molecule has 1 atom stereocenters. The van der Waals surface area contributed by atoms with Crippen LogP contribution in [0.4, 0.5) is 0 Å². The summed E-state index contributed by atoms with van der Waals surface area (Å²) in [6, 6.07) is 9.28. The topological polar surface area (TPSA) is 77.1 Å². The van der Waals surface area contributed by atoms with E-state index >= 15 is 0 Å². The van der Waals surface area contributed by atoms with Gasteiger partial charge < -0.3 is 9.73 Å². The molecule has 6 nitrogen and oxygen atoms in total. The molecule has 0 spiro atoms. The monoisotopic (exact) mass is 337 g/mol. The highest BCUT2D eigenvalue weighted by Gasteiger charge is 2.23. The molecule has 6 heteroatoms. The summed E-state index contributed by atoms with van der Waals surface area (Å²) >= 11 is 0. The Hall–Kier alpha value is -2.89. The van der Waals surface area contributed by atoms with E-state index in [0.717, 1.165) is 36.1 Å². The normalized spacial score (nSPS) is 16.6. The highest BCUT2D eigenvalue weighted by Crippen LogP contribution is 2.30. The van der Waals surface area contributed by atoms with E-state index in [1.165, 1.54) is 6.20 Å². The van der Waals surface area contributed by atoms with E-state index in [9.17, 15) is 9.59 Å². The largest absolute Gasteiger partial charge is 0.469 e. The molecule has 0 fully saturated rings. The summed E-state index contributed by atoms with van der Waals surface area (Å²) in [5.41, 5.74) is 1.73. The maximum atomic E-state index is 12.4. The molecule has 25 heavy (non-hydrogen) atoms. The number of nitrogens with one attached hydrogen (secondary N) is 1. The molecule has 3 aromatic rings. The predicted octanol–water partition coefficient (Wildman–Crippen LogP) is 2.57. The van der Waals surface area contributed by atoms with E-state index < -0.39 is 0 Å². The van der Waals surface area contributed by atoms with E-state index in [4.69, 9.17) is 4.42 Å². The molecule has 0 radical (unpaired) electrons. The Kier molecular flexibility index (Phi) is 4.09. The Labute approximate surface area is 144 Å². The van der Waals surface area contributed by atoms with Gasteiger partial charge in [-0.25, -0.2) is 0 Å². The van der Waals surface area contributed by atoms with Crippen LogP contribution in [0.25, 0.3) is 10.9 Å². The Morgan fingerprint density at radius 1 is 1.32 bits per heavy atom. The van der Waals surface area contributed by atoms with Crippen molar-refractivity contribution in [2.45, 2.75) is 38.3 Å². The van der Waals surface area contributed by atoms with Gasteiger partial charge in [0.25, 0.3) is 0 Å². The minimum atomic E-state index is -0.106. The van der Waals surface area contributed by atoms with Gasteiger partial charge in [-0.3, -0.25) is 14.3 Å². The first-order valence-corrected chi connectivity index (χ1v) is 8.53. The van der Waals surface area contributed by atoms with Crippen molar-refractivity contribution in [3.05, 3.63) is 64.3 Å². The van der Waals surface area contributed by atoms with Crippen LogP contribution in [0.5, 0.6) is 0 Å². The number of carbonyl (C=O) groups is 1. The van der Waals surface area contributed by atoms with Crippen LogP contribution in [-0.2, 0) is 17.8 Å². The van der Waals surface area contributed by atoms with Crippen molar-refractivity contribution in [2.75, 3.05) is 0 Å².